The smallest absolute Gasteiger partial charge is 0.306 e. The summed E-state index contributed by atoms with van der Waals surface area (Å²) in [6, 6.07) is 0. The van der Waals surface area contributed by atoms with Crippen LogP contribution in [0.1, 0.15) is 6.42 Å². The van der Waals surface area contributed by atoms with Crippen LogP contribution in [0.3, 0.4) is 0 Å². The lowest BCUT2D eigenvalue weighted by atomic mass is 10.3. The van der Waals surface area contributed by atoms with Crippen LogP contribution in [0.25, 0.3) is 0 Å². The predicted octanol–water partition coefficient (Wildman–Crippen LogP) is -0.781. The highest BCUT2D eigenvalue weighted by Gasteiger charge is 2.22. The molecule has 1 aliphatic rings. The first-order valence-corrected chi connectivity index (χ1v) is 5.80. The third-order valence-corrected chi connectivity index (χ3v) is 2.94. The van der Waals surface area contributed by atoms with E-state index in [0.29, 0.717) is 13.1 Å². The Morgan fingerprint density at radius 3 is 2.94 bits per heavy atom. The molecular weight excluding hydrogens is 240 g/mol. The number of likely N-dealkylation sites (tertiary alicyclic amines) is 1. The molecule has 2 atom stereocenters. The number of hydrogen-bond donors (Lipinski definition) is 2. The van der Waals surface area contributed by atoms with E-state index >= 15 is 0 Å². The van der Waals surface area contributed by atoms with Crippen molar-refractivity contribution in [1.29, 1.82) is 0 Å². The van der Waals surface area contributed by atoms with Crippen molar-refractivity contribution in [2.75, 3.05) is 19.6 Å². The molecule has 2 rings (SSSR count). The number of aliphatic hydroxyl groups excluding tert-OH is 2. The first-order chi connectivity index (χ1) is 8.54. The van der Waals surface area contributed by atoms with Crippen LogP contribution in [-0.2, 0) is 6.54 Å². The first-order valence-electron chi connectivity index (χ1n) is 5.80. The van der Waals surface area contributed by atoms with Gasteiger partial charge >= 0.3 is 5.69 Å². The monoisotopic (exact) mass is 256 g/mol. The molecule has 0 aromatic carbocycles. The van der Waals surface area contributed by atoms with E-state index in [2.05, 4.69) is 5.10 Å². The van der Waals surface area contributed by atoms with Crippen molar-refractivity contribution in [3.8, 4) is 0 Å². The van der Waals surface area contributed by atoms with Gasteiger partial charge in [0, 0.05) is 19.6 Å². The Balaban J connectivity index is 1.82. The molecule has 0 saturated carbocycles. The molecule has 0 aliphatic carbocycles. The topological polar surface area (TPSA) is 105 Å². The fraction of sp³-hybridized carbons (Fsp3) is 0.700. The Kier molecular flexibility index (Phi) is 3.90. The molecule has 1 aliphatic heterocycles. The average Bonchev–Trinajstić information content (AvgIpc) is 2.88. The zero-order chi connectivity index (χ0) is 13.1. The molecule has 0 spiro atoms. The molecule has 8 nitrogen and oxygen atoms in total. The Morgan fingerprint density at radius 2 is 2.39 bits per heavy atom. The maximum absolute atomic E-state index is 10.5. The molecule has 0 radical (unpaired) electrons. The zero-order valence-corrected chi connectivity index (χ0v) is 9.84. The minimum atomic E-state index is -0.658. The summed E-state index contributed by atoms with van der Waals surface area (Å²) >= 11 is 0. The lowest BCUT2D eigenvalue weighted by Gasteiger charge is -2.19. The van der Waals surface area contributed by atoms with Gasteiger partial charge in [0.2, 0.25) is 0 Å². The summed E-state index contributed by atoms with van der Waals surface area (Å²) in [4.78, 5) is 11.9. The van der Waals surface area contributed by atoms with Crippen molar-refractivity contribution in [3.63, 3.8) is 0 Å². The second kappa shape index (κ2) is 5.42. The quantitative estimate of drug-likeness (QED) is 0.529. The lowest BCUT2D eigenvalue weighted by Crippen LogP contribution is -2.33. The summed E-state index contributed by atoms with van der Waals surface area (Å²) in [6.45, 7) is 1.97. The van der Waals surface area contributed by atoms with Crippen molar-refractivity contribution < 1.29 is 15.1 Å². The summed E-state index contributed by atoms with van der Waals surface area (Å²) in [5, 5.41) is 33.5. The molecule has 8 heteroatoms. The van der Waals surface area contributed by atoms with Gasteiger partial charge in [-0.3, -0.25) is 19.7 Å². The number of rotatable bonds is 5. The molecule has 100 valence electrons. The van der Waals surface area contributed by atoms with E-state index in [1.165, 1.54) is 10.9 Å². The van der Waals surface area contributed by atoms with Crippen molar-refractivity contribution >= 4 is 5.69 Å². The van der Waals surface area contributed by atoms with E-state index in [-0.39, 0.29) is 18.3 Å². The van der Waals surface area contributed by atoms with E-state index in [0.717, 1.165) is 19.2 Å². The summed E-state index contributed by atoms with van der Waals surface area (Å²) < 4.78 is 1.36. The molecule has 2 N–H and O–H groups in total. The van der Waals surface area contributed by atoms with Crippen LogP contribution < -0.4 is 0 Å². The van der Waals surface area contributed by atoms with E-state index in [1.807, 2.05) is 4.90 Å². The van der Waals surface area contributed by atoms with Gasteiger partial charge in [-0.05, 0) is 6.42 Å². The number of aliphatic hydroxyl groups is 2. The largest absolute Gasteiger partial charge is 0.392 e. The number of β-amino-alcohol motifs (C(OH)–C–C–N with tert-alkyl or cyclic N) is 2. The van der Waals surface area contributed by atoms with Crippen LogP contribution >= 0.6 is 0 Å². The molecule has 2 heterocycles. The molecule has 1 aromatic heterocycles. The van der Waals surface area contributed by atoms with E-state index in [1.54, 1.807) is 0 Å². The molecule has 18 heavy (non-hydrogen) atoms. The summed E-state index contributed by atoms with van der Waals surface area (Å²) in [5.74, 6) is 0. The standard InChI is InChI=1S/C10H16N4O4/c15-9-1-2-12(5-9)6-10(16)7-13-4-8(3-11-13)14(17)18/h3-4,9-10,15-16H,1-2,5-7H2/t9-,10?/m0/s1. The predicted molar refractivity (Wildman–Crippen MR) is 62.0 cm³/mol. The molecule has 1 aromatic rings. The maximum Gasteiger partial charge on any atom is 0.306 e. The highest BCUT2D eigenvalue weighted by molar-refractivity contribution is 5.20. The van der Waals surface area contributed by atoms with Gasteiger partial charge in [0.15, 0.2) is 0 Å². The Morgan fingerprint density at radius 1 is 1.61 bits per heavy atom. The fourth-order valence-electron chi connectivity index (χ4n) is 2.10. The molecule has 0 amide bonds. The Bertz CT molecular complexity index is 422. The minimum absolute atomic E-state index is 0.0844. The molecule has 0 bridgehead atoms. The summed E-state index contributed by atoms with van der Waals surface area (Å²) in [6.07, 6.45) is 2.20. The van der Waals surface area contributed by atoms with Crippen LogP contribution in [0.4, 0.5) is 5.69 Å². The number of nitro groups is 1. The first kappa shape index (κ1) is 12.9. The molecule has 1 saturated heterocycles. The van der Waals surface area contributed by atoms with Crippen molar-refractivity contribution in [1.82, 2.24) is 14.7 Å². The normalized spacial score (nSPS) is 22.2. The summed E-state index contributed by atoms with van der Waals surface area (Å²) in [7, 11) is 0. The van der Waals surface area contributed by atoms with Gasteiger partial charge in [0.05, 0.1) is 23.7 Å². The molecule has 1 fully saturated rings. The van der Waals surface area contributed by atoms with Crippen LogP contribution in [0.2, 0.25) is 0 Å². The van der Waals surface area contributed by atoms with Crippen LogP contribution in [0.15, 0.2) is 12.4 Å². The van der Waals surface area contributed by atoms with Gasteiger partial charge in [0.25, 0.3) is 0 Å². The van der Waals surface area contributed by atoms with Gasteiger partial charge in [0.1, 0.15) is 12.4 Å². The SMILES string of the molecule is O=[N+]([O-])c1cnn(CC(O)CN2CC[C@H](O)C2)c1. The van der Waals surface area contributed by atoms with Gasteiger partial charge in [-0.1, -0.05) is 0 Å². The summed E-state index contributed by atoms with van der Waals surface area (Å²) in [5.41, 5.74) is -0.0844. The third kappa shape index (κ3) is 3.25. The molecular formula is C10H16N4O4. The second-order valence-corrected chi connectivity index (χ2v) is 4.53. The fourth-order valence-corrected chi connectivity index (χ4v) is 2.10. The van der Waals surface area contributed by atoms with Gasteiger partial charge in [-0.15, -0.1) is 0 Å². The van der Waals surface area contributed by atoms with Crippen molar-refractivity contribution in [2.45, 2.75) is 25.2 Å². The van der Waals surface area contributed by atoms with E-state index < -0.39 is 11.0 Å². The number of nitrogens with zero attached hydrogens (tertiary/aromatic N) is 4. The highest BCUT2D eigenvalue weighted by atomic mass is 16.6. The molecule has 1 unspecified atom stereocenters. The van der Waals surface area contributed by atoms with E-state index in [4.69, 9.17) is 0 Å². The lowest BCUT2D eigenvalue weighted by molar-refractivity contribution is -0.385. The third-order valence-electron chi connectivity index (χ3n) is 2.94. The van der Waals surface area contributed by atoms with Gasteiger partial charge < -0.3 is 10.2 Å². The van der Waals surface area contributed by atoms with Gasteiger partial charge in [-0.25, -0.2) is 0 Å². The van der Waals surface area contributed by atoms with E-state index in [9.17, 15) is 20.3 Å². The van der Waals surface area contributed by atoms with Crippen LogP contribution in [-0.4, -0.2) is 61.7 Å². The highest BCUT2D eigenvalue weighted by Crippen LogP contribution is 2.11. The number of hydrogen-bond acceptors (Lipinski definition) is 6. The van der Waals surface area contributed by atoms with Crippen LogP contribution in [0.5, 0.6) is 0 Å². The van der Waals surface area contributed by atoms with Crippen LogP contribution in [0, 0.1) is 10.1 Å². The maximum atomic E-state index is 10.5. The average molecular weight is 256 g/mol. The number of aromatic nitrogens is 2. The second-order valence-electron chi connectivity index (χ2n) is 4.53. The zero-order valence-electron chi connectivity index (χ0n) is 9.84. The Labute approximate surface area is 104 Å². The Hall–Kier alpha value is -1.51. The van der Waals surface area contributed by atoms with Crippen molar-refractivity contribution in [3.05, 3.63) is 22.5 Å². The van der Waals surface area contributed by atoms with Crippen molar-refractivity contribution in [2.24, 2.45) is 0 Å². The van der Waals surface area contributed by atoms with Gasteiger partial charge in [-0.2, -0.15) is 5.10 Å². The minimum Gasteiger partial charge on any atom is -0.392 e.